The average molecular weight is 608 g/mol. The second kappa shape index (κ2) is 11.7. The fourth-order valence-corrected chi connectivity index (χ4v) is 6.21. The third-order valence-electron chi connectivity index (χ3n) is 7.30. The maximum absolute atomic E-state index is 13.9. The minimum atomic E-state index is -0.833. The number of carbonyl (C=O) groups excluding carboxylic acids is 2. The van der Waals surface area contributed by atoms with Crippen LogP contribution in [-0.4, -0.2) is 23.6 Å². The molecule has 1 aliphatic rings. The molecular weight excluding hydrogens is 581 g/mol. The molecule has 0 aliphatic carbocycles. The first-order chi connectivity index (χ1) is 21.2. The number of fused-ring (bicyclic) bond motifs is 1. The van der Waals surface area contributed by atoms with Crippen LogP contribution in [0.25, 0.3) is 17.4 Å². The number of methoxy groups -OCH3 is 1. The van der Waals surface area contributed by atoms with E-state index in [4.69, 9.17) is 9.15 Å². The summed E-state index contributed by atoms with van der Waals surface area (Å²) in [5, 5.41) is 2.89. The van der Waals surface area contributed by atoms with Gasteiger partial charge in [-0.25, -0.2) is 14.2 Å². The number of aromatic nitrogens is 1. The molecule has 0 radical (unpaired) electrons. The van der Waals surface area contributed by atoms with Crippen LogP contribution >= 0.6 is 11.3 Å². The van der Waals surface area contributed by atoms with Crippen LogP contribution in [0, 0.1) is 12.7 Å². The zero-order valence-electron chi connectivity index (χ0n) is 24.0. The van der Waals surface area contributed by atoms with Gasteiger partial charge in [0, 0.05) is 17.3 Å². The number of halogens is 1. The first-order valence-electron chi connectivity index (χ1n) is 13.7. The summed E-state index contributed by atoms with van der Waals surface area (Å²) in [7, 11) is 1.33. The fraction of sp³-hybridized carbons (Fsp3) is 0.118. The summed E-state index contributed by atoms with van der Waals surface area (Å²) in [6, 6.07) is 22.6. The van der Waals surface area contributed by atoms with Gasteiger partial charge < -0.3 is 14.5 Å². The molecule has 6 rings (SSSR count). The van der Waals surface area contributed by atoms with Crippen molar-refractivity contribution in [3.05, 3.63) is 144 Å². The lowest BCUT2D eigenvalue weighted by molar-refractivity contribution is -0.113. The molecule has 1 aliphatic heterocycles. The Morgan fingerprint density at radius 3 is 2.48 bits per heavy atom. The molecule has 220 valence electrons. The Bertz CT molecular complexity index is 2130. The predicted octanol–water partition coefficient (Wildman–Crippen LogP) is 5.37. The lowest BCUT2D eigenvalue weighted by atomic mass is 9.95. The summed E-state index contributed by atoms with van der Waals surface area (Å²) >= 11 is 1.17. The van der Waals surface area contributed by atoms with E-state index < -0.39 is 23.7 Å². The number of esters is 1. The summed E-state index contributed by atoms with van der Waals surface area (Å²) in [6.07, 6.45) is 1.64. The largest absolute Gasteiger partial charge is 0.465 e. The number of carbonyl (C=O) groups is 2. The monoisotopic (exact) mass is 607 g/mol. The van der Waals surface area contributed by atoms with E-state index in [1.165, 1.54) is 35.1 Å². The van der Waals surface area contributed by atoms with E-state index in [-0.39, 0.29) is 11.1 Å². The zero-order valence-corrected chi connectivity index (χ0v) is 24.8. The van der Waals surface area contributed by atoms with Crippen molar-refractivity contribution in [2.24, 2.45) is 4.99 Å². The van der Waals surface area contributed by atoms with Crippen molar-refractivity contribution in [2.75, 3.05) is 12.4 Å². The van der Waals surface area contributed by atoms with Crippen LogP contribution < -0.4 is 20.2 Å². The number of aryl methyl sites for hydroxylation is 1. The number of nitrogens with one attached hydrogen (secondary N) is 1. The summed E-state index contributed by atoms with van der Waals surface area (Å²) < 4.78 is 26.6. The van der Waals surface area contributed by atoms with E-state index in [0.717, 1.165) is 11.1 Å². The van der Waals surface area contributed by atoms with Gasteiger partial charge in [-0.3, -0.25) is 14.2 Å². The SMILES string of the molecule is COC(=O)c1ccc(-c2ccc(/C=c3/sc4n(c3=O)[C@H](c3ccc(F)cc3)C(C(=O)Nc3ccccc3)=C(C)N=4)o2)c(C)c1. The van der Waals surface area contributed by atoms with Gasteiger partial charge in [0.2, 0.25) is 0 Å². The Morgan fingerprint density at radius 2 is 1.77 bits per heavy atom. The van der Waals surface area contributed by atoms with Gasteiger partial charge >= 0.3 is 5.97 Å². The minimum Gasteiger partial charge on any atom is -0.465 e. The number of nitrogens with zero attached hydrogens (tertiary/aromatic N) is 2. The molecule has 0 spiro atoms. The van der Waals surface area contributed by atoms with E-state index in [2.05, 4.69) is 10.3 Å². The third-order valence-corrected chi connectivity index (χ3v) is 8.28. The molecule has 0 fully saturated rings. The summed E-state index contributed by atoms with van der Waals surface area (Å²) in [5.74, 6) is -0.257. The number of rotatable bonds is 6. The van der Waals surface area contributed by atoms with E-state index in [1.54, 1.807) is 67.6 Å². The molecule has 44 heavy (non-hydrogen) atoms. The number of hydrogen-bond acceptors (Lipinski definition) is 7. The van der Waals surface area contributed by atoms with Gasteiger partial charge in [0.25, 0.3) is 11.5 Å². The average Bonchev–Trinajstić information content (AvgIpc) is 3.60. The molecule has 0 unspecified atom stereocenters. The second-order valence-electron chi connectivity index (χ2n) is 10.2. The van der Waals surface area contributed by atoms with Gasteiger partial charge in [-0.2, -0.15) is 0 Å². The minimum absolute atomic E-state index is 0.283. The molecule has 1 amide bonds. The number of allylic oxidation sites excluding steroid dienone is 1. The molecule has 0 saturated carbocycles. The van der Waals surface area contributed by atoms with E-state index in [1.807, 2.05) is 25.1 Å². The van der Waals surface area contributed by atoms with Crippen LogP contribution in [-0.2, 0) is 9.53 Å². The van der Waals surface area contributed by atoms with Gasteiger partial charge in [-0.05, 0) is 73.5 Å². The topological polar surface area (TPSA) is 103 Å². The van der Waals surface area contributed by atoms with Gasteiger partial charge in [0.05, 0.1) is 34.5 Å². The Kier molecular flexibility index (Phi) is 7.67. The number of hydrogen-bond donors (Lipinski definition) is 1. The highest BCUT2D eigenvalue weighted by molar-refractivity contribution is 7.07. The van der Waals surface area contributed by atoms with E-state index >= 15 is 0 Å². The van der Waals surface area contributed by atoms with Crippen LogP contribution in [0.4, 0.5) is 10.1 Å². The summed E-state index contributed by atoms with van der Waals surface area (Å²) in [6.45, 7) is 3.59. The zero-order chi connectivity index (χ0) is 31.0. The number of anilines is 1. The quantitative estimate of drug-likeness (QED) is 0.262. The fourth-order valence-electron chi connectivity index (χ4n) is 5.18. The van der Waals surface area contributed by atoms with Gasteiger partial charge in [-0.1, -0.05) is 47.7 Å². The van der Waals surface area contributed by atoms with E-state index in [0.29, 0.717) is 43.4 Å². The van der Waals surface area contributed by atoms with Crippen molar-refractivity contribution in [3.8, 4) is 11.3 Å². The molecule has 10 heteroatoms. The van der Waals surface area contributed by atoms with Crippen LogP contribution in [0.1, 0.15) is 40.2 Å². The first kappa shape index (κ1) is 28.8. The van der Waals surface area contributed by atoms with Crippen molar-refractivity contribution >= 4 is 35.0 Å². The molecule has 3 heterocycles. The smallest absolute Gasteiger partial charge is 0.337 e. The number of furan rings is 1. The third kappa shape index (κ3) is 5.43. The van der Waals surface area contributed by atoms with Crippen molar-refractivity contribution < 1.29 is 23.1 Å². The Labute approximate surface area is 255 Å². The molecule has 3 aromatic carbocycles. The van der Waals surface area contributed by atoms with Gasteiger partial charge in [-0.15, -0.1) is 0 Å². The number of amides is 1. The van der Waals surface area contributed by atoms with Crippen LogP contribution in [0.15, 0.2) is 110 Å². The maximum atomic E-state index is 13.9. The molecule has 8 nitrogen and oxygen atoms in total. The first-order valence-corrected chi connectivity index (χ1v) is 14.5. The van der Waals surface area contributed by atoms with Crippen molar-refractivity contribution in [2.45, 2.75) is 19.9 Å². The highest BCUT2D eigenvalue weighted by atomic mass is 32.1. The van der Waals surface area contributed by atoms with Crippen LogP contribution in [0.2, 0.25) is 0 Å². The Hall–Kier alpha value is -5.35. The Morgan fingerprint density at radius 1 is 1.02 bits per heavy atom. The maximum Gasteiger partial charge on any atom is 0.337 e. The molecule has 1 N–H and O–H groups in total. The van der Waals surface area contributed by atoms with Crippen LogP contribution in [0.3, 0.4) is 0 Å². The molecule has 0 saturated heterocycles. The van der Waals surface area contributed by atoms with Crippen molar-refractivity contribution in [1.29, 1.82) is 0 Å². The predicted molar refractivity (Wildman–Crippen MR) is 165 cm³/mol. The highest BCUT2D eigenvalue weighted by Gasteiger charge is 2.32. The van der Waals surface area contributed by atoms with Crippen molar-refractivity contribution in [3.63, 3.8) is 0 Å². The van der Waals surface area contributed by atoms with Gasteiger partial charge in [0.1, 0.15) is 17.3 Å². The summed E-state index contributed by atoms with van der Waals surface area (Å²) in [5.41, 5.74) is 3.58. The summed E-state index contributed by atoms with van der Waals surface area (Å²) in [4.78, 5) is 44.5. The molecule has 1 atom stereocenters. The molecular formula is C34H26FN3O5S. The molecule has 5 aromatic rings. The number of thiazole rings is 1. The standard InChI is InChI=1S/C34H26FN3O5S/c1-19-17-22(33(41)42-3)11-15-26(19)27-16-14-25(43-27)18-28-32(40)38-30(21-9-12-23(35)13-10-21)29(20(2)36-34(38)44-28)31(39)37-24-7-5-4-6-8-24/h4-18,30H,1-3H3,(H,37,39)/b28-18+/t30-/m1/s1. The van der Waals surface area contributed by atoms with Gasteiger partial charge in [0.15, 0.2) is 4.80 Å². The van der Waals surface area contributed by atoms with E-state index in [9.17, 15) is 18.8 Å². The molecule has 2 aromatic heterocycles. The lowest BCUT2D eigenvalue weighted by Crippen LogP contribution is -2.40. The lowest BCUT2D eigenvalue weighted by Gasteiger charge is -2.25. The highest BCUT2D eigenvalue weighted by Crippen LogP contribution is 2.31. The number of para-hydroxylation sites is 1. The van der Waals surface area contributed by atoms with Crippen LogP contribution in [0.5, 0.6) is 0 Å². The Balaban J connectivity index is 1.41. The normalized spacial score (nSPS) is 14.6. The number of ether oxygens (including phenoxy) is 1. The number of benzene rings is 3. The molecule has 0 bridgehead atoms. The second-order valence-corrected chi connectivity index (χ2v) is 11.2. The van der Waals surface area contributed by atoms with Crippen molar-refractivity contribution in [1.82, 2.24) is 4.57 Å².